The lowest BCUT2D eigenvalue weighted by molar-refractivity contribution is -0.143. The molecule has 1 aliphatic rings. The predicted octanol–water partition coefficient (Wildman–Crippen LogP) is -0.816. The van der Waals surface area contributed by atoms with Gasteiger partial charge < -0.3 is 10.2 Å². The normalized spacial score (nSPS) is 40.0. The van der Waals surface area contributed by atoms with Crippen LogP contribution in [0.3, 0.4) is 0 Å². The Kier molecular flexibility index (Phi) is 1.66. The van der Waals surface area contributed by atoms with Gasteiger partial charge in [0, 0.05) is 13.0 Å². The number of aliphatic carboxylic acids is 1. The summed E-state index contributed by atoms with van der Waals surface area (Å²) in [4.78, 5) is 10.5. The first-order valence-corrected chi connectivity index (χ1v) is 3.21. The molecule has 0 radical (unpaired) electrons. The van der Waals surface area contributed by atoms with Gasteiger partial charge in [0.1, 0.15) is 5.54 Å². The Morgan fingerprint density at radius 2 is 2.40 bits per heavy atom. The zero-order valence-electron chi connectivity index (χ0n) is 5.79. The van der Waals surface area contributed by atoms with Crippen LogP contribution in [-0.2, 0) is 4.79 Å². The van der Waals surface area contributed by atoms with E-state index in [9.17, 15) is 4.79 Å². The van der Waals surface area contributed by atoms with Gasteiger partial charge in [-0.25, -0.2) is 0 Å². The first kappa shape index (κ1) is 7.50. The summed E-state index contributed by atoms with van der Waals surface area (Å²) in [5.74, 6) is -0.899. The maximum Gasteiger partial charge on any atom is 0.323 e. The molecule has 0 saturated carbocycles. The molecule has 0 aromatic rings. The second-order valence-electron chi connectivity index (χ2n) is 2.88. The summed E-state index contributed by atoms with van der Waals surface area (Å²) in [6.07, 6.45) is -0.219. The number of nitrogens with one attached hydrogen (secondary N) is 1. The molecule has 2 atom stereocenters. The average molecular weight is 145 g/mol. The lowest BCUT2D eigenvalue weighted by Gasteiger charge is -2.16. The maximum atomic E-state index is 10.5. The SMILES string of the molecule is C[C@]1(C(=O)O)C[C@@H](O)CN1. The summed E-state index contributed by atoms with van der Waals surface area (Å²) in [6.45, 7) is 1.95. The van der Waals surface area contributed by atoms with Gasteiger partial charge in [0.15, 0.2) is 0 Å². The number of β-amino-alcohol motifs (C(OH)–C–C–N with tert-alkyl or cyclic N) is 1. The molecular weight excluding hydrogens is 134 g/mol. The minimum absolute atomic E-state index is 0.294. The van der Waals surface area contributed by atoms with Gasteiger partial charge in [-0.1, -0.05) is 0 Å². The maximum absolute atomic E-state index is 10.5. The molecule has 1 aliphatic heterocycles. The van der Waals surface area contributed by atoms with E-state index in [2.05, 4.69) is 5.32 Å². The lowest BCUT2D eigenvalue weighted by Crippen LogP contribution is -2.44. The molecule has 4 nitrogen and oxygen atoms in total. The van der Waals surface area contributed by atoms with Crippen LogP contribution < -0.4 is 5.32 Å². The van der Waals surface area contributed by atoms with Gasteiger partial charge in [0.2, 0.25) is 0 Å². The Morgan fingerprint density at radius 1 is 1.80 bits per heavy atom. The standard InChI is InChI=1S/C6H11NO3/c1-6(5(9)10)2-4(8)3-7-6/h4,7-8H,2-3H2,1H3,(H,9,10)/t4-,6-/m1/s1. The molecule has 0 aromatic heterocycles. The van der Waals surface area contributed by atoms with E-state index in [1.54, 1.807) is 6.92 Å². The Bertz CT molecular complexity index is 159. The fourth-order valence-corrected chi connectivity index (χ4v) is 1.12. The summed E-state index contributed by atoms with van der Waals surface area (Å²) < 4.78 is 0. The Labute approximate surface area is 58.9 Å². The molecule has 0 bridgehead atoms. The van der Waals surface area contributed by atoms with Crippen molar-refractivity contribution in [1.29, 1.82) is 0 Å². The molecule has 1 saturated heterocycles. The van der Waals surface area contributed by atoms with E-state index in [4.69, 9.17) is 10.2 Å². The highest BCUT2D eigenvalue weighted by Gasteiger charge is 2.40. The number of aliphatic hydroxyl groups is 1. The molecule has 0 aliphatic carbocycles. The fraction of sp³-hybridized carbons (Fsp3) is 0.833. The highest BCUT2D eigenvalue weighted by atomic mass is 16.4. The third-order valence-electron chi connectivity index (χ3n) is 1.84. The quantitative estimate of drug-likeness (QED) is 0.451. The molecule has 0 spiro atoms. The monoisotopic (exact) mass is 145 g/mol. The molecule has 58 valence electrons. The molecule has 0 amide bonds. The largest absolute Gasteiger partial charge is 0.480 e. The third-order valence-corrected chi connectivity index (χ3v) is 1.84. The highest BCUT2D eigenvalue weighted by Crippen LogP contribution is 2.18. The average Bonchev–Trinajstić information content (AvgIpc) is 2.13. The molecular formula is C6H11NO3. The summed E-state index contributed by atoms with van der Waals surface area (Å²) in [7, 11) is 0. The van der Waals surface area contributed by atoms with Gasteiger partial charge in [0.05, 0.1) is 6.10 Å². The molecule has 1 rings (SSSR count). The molecule has 1 fully saturated rings. The topological polar surface area (TPSA) is 69.6 Å². The van der Waals surface area contributed by atoms with Crippen molar-refractivity contribution in [3.05, 3.63) is 0 Å². The van der Waals surface area contributed by atoms with E-state index in [0.29, 0.717) is 13.0 Å². The third kappa shape index (κ3) is 1.12. The van der Waals surface area contributed by atoms with Crippen LogP contribution in [0.5, 0.6) is 0 Å². The second kappa shape index (κ2) is 2.21. The molecule has 10 heavy (non-hydrogen) atoms. The molecule has 4 heteroatoms. The number of hydrogen-bond acceptors (Lipinski definition) is 3. The number of rotatable bonds is 1. The van der Waals surface area contributed by atoms with Crippen molar-refractivity contribution < 1.29 is 15.0 Å². The number of carbonyl (C=O) groups is 1. The Balaban J connectivity index is 2.63. The fourth-order valence-electron chi connectivity index (χ4n) is 1.12. The van der Waals surface area contributed by atoms with Gasteiger partial charge in [-0.2, -0.15) is 0 Å². The first-order valence-electron chi connectivity index (χ1n) is 3.21. The van der Waals surface area contributed by atoms with Gasteiger partial charge >= 0.3 is 5.97 Å². The van der Waals surface area contributed by atoms with Crippen molar-refractivity contribution >= 4 is 5.97 Å². The van der Waals surface area contributed by atoms with Crippen molar-refractivity contribution in [2.75, 3.05) is 6.54 Å². The number of carboxylic acids is 1. The van der Waals surface area contributed by atoms with Crippen LogP contribution in [0.4, 0.5) is 0 Å². The van der Waals surface area contributed by atoms with E-state index in [1.165, 1.54) is 0 Å². The van der Waals surface area contributed by atoms with E-state index in [-0.39, 0.29) is 0 Å². The van der Waals surface area contributed by atoms with E-state index in [1.807, 2.05) is 0 Å². The zero-order valence-corrected chi connectivity index (χ0v) is 5.79. The van der Waals surface area contributed by atoms with Gasteiger partial charge in [0.25, 0.3) is 0 Å². The predicted molar refractivity (Wildman–Crippen MR) is 34.7 cm³/mol. The van der Waals surface area contributed by atoms with E-state index < -0.39 is 17.6 Å². The molecule has 3 N–H and O–H groups in total. The van der Waals surface area contributed by atoms with Crippen LogP contribution in [0.25, 0.3) is 0 Å². The van der Waals surface area contributed by atoms with Crippen molar-refractivity contribution in [2.24, 2.45) is 0 Å². The minimum Gasteiger partial charge on any atom is -0.480 e. The summed E-state index contributed by atoms with van der Waals surface area (Å²) in [5, 5.41) is 20.3. The van der Waals surface area contributed by atoms with E-state index >= 15 is 0 Å². The van der Waals surface area contributed by atoms with Crippen LogP contribution in [0.15, 0.2) is 0 Å². The first-order chi connectivity index (χ1) is 4.54. The van der Waals surface area contributed by atoms with Crippen LogP contribution in [0.1, 0.15) is 13.3 Å². The Morgan fingerprint density at radius 3 is 2.60 bits per heavy atom. The Hall–Kier alpha value is -0.610. The van der Waals surface area contributed by atoms with Gasteiger partial charge in [-0.05, 0) is 6.92 Å². The van der Waals surface area contributed by atoms with Crippen molar-refractivity contribution in [2.45, 2.75) is 25.0 Å². The number of aliphatic hydroxyl groups excluding tert-OH is 1. The van der Waals surface area contributed by atoms with Gasteiger partial charge in [-0.15, -0.1) is 0 Å². The van der Waals surface area contributed by atoms with Crippen molar-refractivity contribution in [1.82, 2.24) is 5.32 Å². The smallest absolute Gasteiger partial charge is 0.323 e. The molecule has 0 unspecified atom stereocenters. The van der Waals surface area contributed by atoms with Crippen LogP contribution in [0, 0.1) is 0 Å². The van der Waals surface area contributed by atoms with Crippen molar-refractivity contribution in [3.63, 3.8) is 0 Å². The minimum atomic E-state index is -0.917. The second-order valence-corrected chi connectivity index (χ2v) is 2.88. The lowest BCUT2D eigenvalue weighted by atomic mass is 10.0. The molecule has 0 aromatic carbocycles. The summed E-state index contributed by atoms with van der Waals surface area (Å²) in [6, 6.07) is 0. The van der Waals surface area contributed by atoms with Crippen LogP contribution >= 0.6 is 0 Å². The van der Waals surface area contributed by atoms with Gasteiger partial charge in [-0.3, -0.25) is 10.1 Å². The van der Waals surface area contributed by atoms with E-state index in [0.717, 1.165) is 0 Å². The number of carboxylic acid groups (broad SMARTS) is 1. The number of hydrogen-bond donors (Lipinski definition) is 3. The van der Waals surface area contributed by atoms with Crippen molar-refractivity contribution in [3.8, 4) is 0 Å². The van der Waals surface area contributed by atoms with Crippen LogP contribution in [-0.4, -0.2) is 34.4 Å². The highest BCUT2D eigenvalue weighted by molar-refractivity contribution is 5.78. The molecule has 1 heterocycles. The zero-order chi connectivity index (χ0) is 7.78. The summed E-state index contributed by atoms with van der Waals surface area (Å²) in [5.41, 5.74) is -0.917. The van der Waals surface area contributed by atoms with Crippen LogP contribution in [0.2, 0.25) is 0 Å². The summed E-state index contributed by atoms with van der Waals surface area (Å²) >= 11 is 0.